The maximum absolute atomic E-state index is 12.1. The Kier molecular flexibility index (Phi) is 7.16. The van der Waals surface area contributed by atoms with E-state index in [4.69, 9.17) is 5.73 Å². The van der Waals surface area contributed by atoms with Crippen molar-refractivity contribution >= 4 is 23.2 Å². The highest BCUT2D eigenvalue weighted by atomic mass is 16.2. The standard InChI is InChI=1S/C20H25N3O2/c1-15-6-2-3-8-19(15)23-20(25)22-17-11-9-16(10-12-17)14-18(24)7-4-5-13-21/h2-3,6,8-12H,4-5,7,13-14,21H2,1H3,(H2,22,23,25). The maximum atomic E-state index is 12.1. The van der Waals surface area contributed by atoms with E-state index in [1.165, 1.54) is 0 Å². The van der Waals surface area contributed by atoms with Crippen LogP contribution in [0.1, 0.15) is 30.4 Å². The van der Waals surface area contributed by atoms with Gasteiger partial charge in [-0.25, -0.2) is 4.79 Å². The van der Waals surface area contributed by atoms with Gasteiger partial charge in [-0.3, -0.25) is 4.79 Å². The lowest BCUT2D eigenvalue weighted by Gasteiger charge is -2.10. The zero-order valence-electron chi connectivity index (χ0n) is 14.5. The van der Waals surface area contributed by atoms with Crippen LogP contribution < -0.4 is 16.4 Å². The van der Waals surface area contributed by atoms with E-state index in [1.807, 2.05) is 43.3 Å². The summed E-state index contributed by atoms with van der Waals surface area (Å²) in [5.41, 5.74) is 8.84. The van der Waals surface area contributed by atoms with E-state index < -0.39 is 0 Å². The lowest BCUT2D eigenvalue weighted by atomic mass is 10.0. The quantitative estimate of drug-likeness (QED) is 0.638. The number of nitrogens with one attached hydrogen (secondary N) is 2. The van der Waals surface area contributed by atoms with E-state index in [2.05, 4.69) is 10.6 Å². The molecule has 2 rings (SSSR count). The average molecular weight is 339 g/mol. The van der Waals surface area contributed by atoms with Crippen molar-refractivity contribution in [3.8, 4) is 0 Å². The molecule has 5 nitrogen and oxygen atoms in total. The number of aryl methyl sites for hydroxylation is 1. The Morgan fingerprint density at radius 2 is 1.68 bits per heavy atom. The lowest BCUT2D eigenvalue weighted by molar-refractivity contribution is -0.118. The monoisotopic (exact) mass is 339 g/mol. The van der Waals surface area contributed by atoms with Gasteiger partial charge >= 0.3 is 6.03 Å². The van der Waals surface area contributed by atoms with E-state index in [-0.39, 0.29) is 11.8 Å². The highest BCUT2D eigenvalue weighted by Gasteiger charge is 2.06. The Bertz CT molecular complexity index is 711. The van der Waals surface area contributed by atoms with E-state index >= 15 is 0 Å². The summed E-state index contributed by atoms with van der Waals surface area (Å²) in [6.45, 7) is 2.56. The van der Waals surface area contributed by atoms with Crippen LogP contribution in [0.3, 0.4) is 0 Å². The molecule has 0 saturated carbocycles. The van der Waals surface area contributed by atoms with Gasteiger partial charge in [0.2, 0.25) is 0 Å². The predicted molar refractivity (Wildman–Crippen MR) is 102 cm³/mol. The second-order valence-corrected chi connectivity index (χ2v) is 6.05. The van der Waals surface area contributed by atoms with Crippen LogP contribution in [0.4, 0.5) is 16.2 Å². The van der Waals surface area contributed by atoms with Crippen molar-refractivity contribution in [2.45, 2.75) is 32.6 Å². The number of nitrogens with two attached hydrogens (primary N) is 1. The SMILES string of the molecule is Cc1ccccc1NC(=O)Nc1ccc(CC(=O)CCCCN)cc1. The number of hydrogen-bond donors (Lipinski definition) is 3. The molecule has 0 bridgehead atoms. The smallest absolute Gasteiger partial charge is 0.323 e. The van der Waals surface area contributed by atoms with E-state index in [1.54, 1.807) is 12.1 Å². The molecule has 0 aromatic heterocycles. The van der Waals surface area contributed by atoms with Crippen LogP contribution in [0.5, 0.6) is 0 Å². The number of urea groups is 1. The largest absolute Gasteiger partial charge is 0.330 e. The molecule has 0 heterocycles. The molecule has 0 radical (unpaired) electrons. The van der Waals surface area contributed by atoms with Gasteiger partial charge in [0.15, 0.2) is 0 Å². The zero-order chi connectivity index (χ0) is 18.1. The van der Waals surface area contributed by atoms with Gasteiger partial charge in [-0.2, -0.15) is 0 Å². The first-order chi connectivity index (χ1) is 12.1. The summed E-state index contributed by atoms with van der Waals surface area (Å²) in [5.74, 6) is 0.214. The molecule has 2 aromatic rings. The minimum absolute atomic E-state index is 0.214. The first-order valence-electron chi connectivity index (χ1n) is 8.53. The second-order valence-electron chi connectivity index (χ2n) is 6.05. The molecule has 132 valence electrons. The van der Waals surface area contributed by atoms with Crippen LogP contribution >= 0.6 is 0 Å². The molecular formula is C20H25N3O2. The fourth-order valence-corrected chi connectivity index (χ4v) is 2.49. The van der Waals surface area contributed by atoms with Gasteiger partial charge in [-0.15, -0.1) is 0 Å². The zero-order valence-corrected chi connectivity index (χ0v) is 14.5. The van der Waals surface area contributed by atoms with Gasteiger partial charge in [0.05, 0.1) is 0 Å². The molecular weight excluding hydrogens is 314 g/mol. The summed E-state index contributed by atoms with van der Waals surface area (Å²) >= 11 is 0. The minimum atomic E-state index is -0.292. The molecule has 0 saturated heterocycles. The molecule has 0 fully saturated rings. The Labute approximate surface area is 148 Å². The maximum Gasteiger partial charge on any atom is 0.323 e. The van der Waals surface area contributed by atoms with Gasteiger partial charge in [0, 0.05) is 24.2 Å². The Balaban J connectivity index is 1.84. The lowest BCUT2D eigenvalue weighted by Crippen LogP contribution is -2.19. The molecule has 0 aliphatic heterocycles. The number of anilines is 2. The van der Waals surface area contributed by atoms with Gasteiger partial charge < -0.3 is 16.4 Å². The third-order valence-corrected chi connectivity index (χ3v) is 3.92. The van der Waals surface area contributed by atoms with Crippen LogP contribution in [0, 0.1) is 6.92 Å². The Morgan fingerprint density at radius 3 is 2.36 bits per heavy atom. The first kappa shape index (κ1) is 18.7. The van der Waals surface area contributed by atoms with Crippen LogP contribution in [0.2, 0.25) is 0 Å². The number of rotatable bonds is 8. The van der Waals surface area contributed by atoms with Crippen molar-refractivity contribution in [2.24, 2.45) is 5.73 Å². The number of amides is 2. The fraction of sp³-hybridized carbons (Fsp3) is 0.300. The van der Waals surface area contributed by atoms with Crippen LogP contribution in [-0.4, -0.2) is 18.4 Å². The molecule has 25 heavy (non-hydrogen) atoms. The topological polar surface area (TPSA) is 84.2 Å². The van der Waals surface area contributed by atoms with Crippen LogP contribution in [-0.2, 0) is 11.2 Å². The number of carbonyl (C=O) groups is 2. The fourth-order valence-electron chi connectivity index (χ4n) is 2.49. The third-order valence-electron chi connectivity index (χ3n) is 3.92. The summed E-state index contributed by atoms with van der Waals surface area (Å²) in [5, 5.41) is 5.61. The van der Waals surface area contributed by atoms with E-state index in [9.17, 15) is 9.59 Å². The summed E-state index contributed by atoms with van der Waals surface area (Å²) < 4.78 is 0. The van der Waals surface area contributed by atoms with E-state index in [0.717, 1.165) is 29.7 Å². The summed E-state index contributed by atoms with van der Waals surface area (Å²) in [6, 6.07) is 14.6. The van der Waals surface area contributed by atoms with Crippen molar-refractivity contribution in [2.75, 3.05) is 17.2 Å². The summed E-state index contributed by atoms with van der Waals surface area (Å²) in [6.07, 6.45) is 2.70. The highest BCUT2D eigenvalue weighted by molar-refractivity contribution is 6.00. The number of benzene rings is 2. The number of para-hydroxylation sites is 1. The molecule has 4 N–H and O–H groups in total. The average Bonchev–Trinajstić information content (AvgIpc) is 2.59. The number of ketones is 1. The molecule has 0 aliphatic carbocycles. The van der Waals surface area contributed by atoms with Crippen molar-refractivity contribution < 1.29 is 9.59 Å². The summed E-state index contributed by atoms with van der Waals surface area (Å²) in [7, 11) is 0. The van der Waals surface area contributed by atoms with Crippen molar-refractivity contribution in [3.05, 3.63) is 59.7 Å². The van der Waals surface area contributed by atoms with Gasteiger partial charge in [-0.05, 0) is 55.6 Å². The van der Waals surface area contributed by atoms with Crippen molar-refractivity contribution in [1.82, 2.24) is 0 Å². The molecule has 0 aliphatic rings. The molecule has 0 unspecified atom stereocenters. The van der Waals surface area contributed by atoms with Gasteiger partial charge in [0.1, 0.15) is 5.78 Å². The number of unbranched alkanes of at least 4 members (excludes halogenated alkanes) is 1. The predicted octanol–water partition coefficient (Wildman–Crippen LogP) is 3.88. The normalized spacial score (nSPS) is 10.3. The summed E-state index contributed by atoms with van der Waals surface area (Å²) in [4.78, 5) is 23.9. The first-order valence-corrected chi connectivity index (χ1v) is 8.53. The second kappa shape index (κ2) is 9.59. The van der Waals surface area contributed by atoms with Crippen molar-refractivity contribution in [3.63, 3.8) is 0 Å². The van der Waals surface area contributed by atoms with Gasteiger partial charge in [-0.1, -0.05) is 30.3 Å². The molecule has 0 spiro atoms. The minimum Gasteiger partial charge on any atom is -0.330 e. The highest BCUT2D eigenvalue weighted by Crippen LogP contribution is 2.15. The number of carbonyl (C=O) groups excluding carboxylic acids is 2. The van der Waals surface area contributed by atoms with Gasteiger partial charge in [0.25, 0.3) is 0 Å². The van der Waals surface area contributed by atoms with E-state index in [0.29, 0.717) is 25.1 Å². The van der Waals surface area contributed by atoms with Crippen LogP contribution in [0.15, 0.2) is 48.5 Å². The van der Waals surface area contributed by atoms with Crippen molar-refractivity contribution in [1.29, 1.82) is 0 Å². The Morgan fingerprint density at radius 1 is 0.960 bits per heavy atom. The van der Waals surface area contributed by atoms with Crippen LogP contribution in [0.25, 0.3) is 0 Å². The molecule has 0 atom stereocenters. The Hall–Kier alpha value is -2.66. The molecule has 2 aromatic carbocycles. The molecule has 2 amide bonds. The number of hydrogen-bond acceptors (Lipinski definition) is 3. The third kappa shape index (κ3) is 6.39. The molecule has 5 heteroatoms. The number of Topliss-reactive ketones (excluding diaryl/α,β-unsaturated/α-hetero) is 1.